The number of carboxylic acid groups (broad SMARTS) is 1. The second-order valence-corrected chi connectivity index (χ2v) is 4.74. The summed E-state index contributed by atoms with van der Waals surface area (Å²) in [4.78, 5) is 22.5. The number of carbonyl (C=O) groups is 2. The number of nitrogens with two attached hydrogens (primary N) is 1. The van der Waals surface area contributed by atoms with Crippen molar-refractivity contribution in [2.45, 2.75) is 25.8 Å². The van der Waals surface area contributed by atoms with Crippen LogP contribution < -0.4 is 11.1 Å². The maximum Gasteiger partial charge on any atom is 0.335 e. The molecule has 4 N–H and O–H groups in total. The zero-order chi connectivity index (χ0) is 13.7. The lowest BCUT2D eigenvalue weighted by Crippen LogP contribution is -2.35. The first-order chi connectivity index (χ1) is 8.45. The van der Waals surface area contributed by atoms with Crippen molar-refractivity contribution in [3.63, 3.8) is 0 Å². The van der Waals surface area contributed by atoms with Crippen molar-refractivity contribution >= 4 is 33.5 Å². The second kappa shape index (κ2) is 6.51. The van der Waals surface area contributed by atoms with Crippen LogP contribution in [0.3, 0.4) is 0 Å². The number of rotatable bonds is 5. The molecule has 0 spiro atoms. The molecule has 0 heterocycles. The average Bonchev–Trinajstić information content (AvgIpc) is 2.31. The fourth-order valence-electron chi connectivity index (χ4n) is 1.42. The number of aromatic carboxylic acids is 1. The molecule has 0 radical (unpaired) electrons. The molecule has 98 valence electrons. The van der Waals surface area contributed by atoms with E-state index in [1.165, 1.54) is 18.2 Å². The Labute approximate surface area is 113 Å². The van der Waals surface area contributed by atoms with E-state index in [-0.39, 0.29) is 11.5 Å². The molecule has 0 aliphatic rings. The molecule has 1 atom stereocenters. The van der Waals surface area contributed by atoms with Crippen LogP contribution in [0.1, 0.15) is 30.1 Å². The predicted molar refractivity (Wildman–Crippen MR) is 72.6 cm³/mol. The molecule has 6 heteroatoms. The fourth-order valence-corrected chi connectivity index (χ4v) is 1.89. The highest BCUT2D eigenvalue weighted by Crippen LogP contribution is 2.23. The molecule has 18 heavy (non-hydrogen) atoms. The minimum Gasteiger partial charge on any atom is -0.478 e. The third-order valence-electron chi connectivity index (χ3n) is 2.41. The van der Waals surface area contributed by atoms with E-state index < -0.39 is 12.0 Å². The first kappa shape index (κ1) is 14.7. The SMILES string of the molecule is CCCC(N)C(=O)Nc1ccc(C(=O)O)cc1Br. The van der Waals surface area contributed by atoms with E-state index in [1.807, 2.05) is 6.92 Å². The Balaban J connectivity index is 2.79. The summed E-state index contributed by atoms with van der Waals surface area (Å²) in [7, 11) is 0. The Morgan fingerprint density at radius 2 is 2.17 bits per heavy atom. The lowest BCUT2D eigenvalue weighted by Gasteiger charge is -2.12. The lowest BCUT2D eigenvalue weighted by atomic mass is 10.1. The van der Waals surface area contributed by atoms with E-state index in [9.17, 15) is 9.59 Å². The molecule has 0 bridgehead atoms. The molecule has 1 aromatic rings. The highest BCUT2D eigenvalue weighted by Gasteiger charge is 2.14. The molecular formula is C12H15BrN2O3. The molecule has 1 amide bonds. The standard InChI is InChI=1S/C12H15BrN2O3/c1-2-3-9(14)11(16)15-10-5-4-7(12(17)18)6-8(10)13/h4-6,9H,2-3,14H2,1H3,(H,15,16)(H,17,18). The zero-order valence-electron chi connectivity index (χ0n) is 9.94. The Bertz CT molecular complexity index is 463. The highest BCUT2D eigenvalue weighted by molar-refractivity contribution is 9.10. The van der Waals surface area contributed by atoms with Gasteiger partial charge < -0.3 is 16.2 Å². The predicted octanol–water partition coefficient (Wildman–Crippen LogP) is 2.21. The van der Waals surface area contributed by atoms with Gasteiger partial charge in [0.25, 0.3) is 0 Å². The second-order valence-electron chi connectivity index (χ2n) is 3.88. The van der Waals surface area contributed by atoms with Crippen molar-refractivity contribution in [2.24, 2.45) is 5.73 Å². The molecule has 0 aromatic heterocycles. The summed E-state index contributed by atoms with van der Waals surface area (Å²) in [5.74, 6) is -1.29. The van der Waals surface area contributed by atoms with Crippen molar-refractivity contribution in [3.8, 4) is 0 Å². The summed E-state index contributed by atoms with van der Waals surface area (Å²) in [5.41, 5.74) is 6.34. The van der Waals surface area contributed by atoms with Crippen molar-refractivity contribution < 1.29 is 14.7 Å². The zero-order valence-corrected chi connectivity index (χ0v) is 11.5. The number of carbonyl (C=O) groups excluding carboxylic acids is 1. The van der Waals surface area contributed by atoms with Gasteiger partial charge in [-0.3, -0.25) is 4.79 Å². The first-order valence-electron chi connectivity index (χ1n) is 5.55. The summed E-state index contributed by atoms with van der Waals surface area (Å²) >= 11 is 3.21. The normalized spacial score (nSPS) is 11.9. The first-order valence-corrected chi connectivity index (χ1v) is 6.34. The van der Waals surface area contributed by atoms with Gasteiger partial charge in [0.1, 0.15) is 0 Å². The Kier molecular flexibility index (Phi) is 5.30. The lowest BCUT2D eigenvalue weighted by molar-refractivity contribution is -0.117. The van der Waals surface area contributed by atoms with Gasteiger partial charge in [-0.05, 0) is 40.5 Å². The Morgan fingerprint density at radius 1 is 1.50 bits per heavy atom. The van der Waals surface area contributed by atoms with Gasteiger partial charge in [-0.25, -0.2) is 4.79 Å². The highest BCUT2D eigenvalue weighted by atomic mass is 79.9. The van der Waals surface area contributed by atoms with Gasteiger partial charge in [0.15, 0.2) is 0 Å². The quantitative estimate of drug-likeness (QED) is 0.777. The molecule has 1 unspecified atom stereocenters. The topological polar surface area (TPSA) is 92.4 Å². The van der Waals surface area contributed by atoms with Gasteiger partial charge in [-0.2, -0.15) is 0 Å². The van der Waals surface area contributed by atoms with Crippen LogP contribution in [0.25, 0.3) is 0 Å². The van der Waals surface area contributed by atoms with E-state index in [2.05, 4.69) is 21.2 Å². The summed E-state index contributed by atoms with van der Waals surface area (Å²) in [6, 6.07) is 3.84. The molecule has 1 aromatic carbocycles. The van der Waals surface area contributed by atoms with E-state index in [4.69, 9.17) is 10.8 Å². The largest absolute Gasteiger partial charge is 0.478 e. The van der Waals surface area contributed by atoms with Crippen LogP contribution in [0.5, 0.6) is 0 Å². The summed E-state index contributed by atoms with van der Waals surface area (Å²) in [6.45, 7) is 1.95. The van der Waals surface area contributed by atoms with E-state index in [1.54, 1.807) is 0 Å². The monoisotopic (exact) mass is 314 g/mol. The van der Waals surface area contributed by atoms with Crippen LogP contribution in [-0.2, 0) is 4.79 Å². The van der Waals surface area contributed by atoms with Crippen molar-refractivity contribution in [1.82, 2.24) is 0 Å². The summed E-state index contributed by atoms with van der Waals surface area (Å²) < 4.78 is 0.513. The van der Waals surface area contributed by atoms with Gasteiger partial charge >= 0.3 is 5.97 Å². The van der Waals surface area contributed by atoms with E-state index in [0.717, 1.165) is 6.42 Å². The van der Waals surface area contributed by atoms with Crippen molar-refractivity contribution in [2.75, 3.05) is 5.32 Å². The number of amides is 1. The van der Waals surface area contributed by atoms with Crippen LogP contribution in [0.15, 0.2) is 22.7 Å². The maximum atomic E-state index is 11.7. The van der Waals surface area contributed by atoms with Crippen LogP contribution >= 0.6 is 15.9 Å². The molecule has 1 rings (SSSR count). The Hall–Kier alpha value is -1.40. The van der Waals surface area contributed by atoms with Crippen LogP contribution in [0.2, 0.25) is 0 Å². The molecule has 0 saturated carbocycles. The number of hydrogen-bond acceptors (Lipinski definition) is 3. The third kappa shape index (κ3) is 3.82. The van der Waals surface area contributed by atoms with Crippen molar-refractivity contribution in [3.05, 3.63) is 28.2 Å². The third-order valence-corrected chi connectivity index (χ3v) is 3.07. The molecule has 0 saturated heterocycles. The summed E-state index contributed by atoms with van der Waals surface area (Å²) in [6.07, 6.45) is 1.43. The molecule has 0 aliphatic heterocycles. The summed E-state index contributed by atoms with van der Waals surface area (Å²) in [5, 5.41) is 11.5. The van der Waals surface area contributed by atoms with Gasteiger partial charge in [-0.1, -0.05) is 13.3 Å². The van der Waals surface area contributed by atoms with Gasteiger partial charge in [-0.15, -0.1) is 0 Å². The smallest absolute Gasteiger partial charge is 0.335 e. The number of benzene rings is 1. The minimum atomic E-state index is -1.02. The Morgan fingerprint density at radius 3 is 2.67 bits per heavy atom. The molecule has 0 fully saturated rings. The van der Waals surface area contributed by atoms with E-state index >= 15 is 0 Å². The number of anilines is 1. The van der Waals surface area contributed by atoms with Crippen LogP contribution in [0, 0.1) is 0 Å². The molecule has 5 nitrogen and oxygen atoms in total. The van der Waals surface area contributed by atoms with Gasteiger partial charge in [0, 0.05) is 4.47 Å². The number of nitrogens with one attached hydrogen (secondary N) is 1. The molecule has 0 aliphatic carbocycles. The number of hydrogen-bond donors (Lipinski definition) is 3. The molecular weight excluding hydrogens is 300 g/mol. The van der Waals surface area contributed by atoms with Crippen molar-refractivity contribution in [1.29, 1.82) is 0 Å². The fraction of sp³-hybridized carbons (Fsp3) is 0.333. The van der Waals surface area contributed by atoms with Gasteiger partial charge in [0.2, 0.25) is 5.91 Å². The van der Waals surface area contributed by atoms with Crippen LogP contribution in [0.4, 0.5) is 5.69 Å². The number of carboxylic acids is 1. The van der Waals surface area contributed by atoms with Crippen LogP contribution in [-0.4, -0.2) is 23.0 Å². The minimum absolute atomic E-state index is 0.151. The van der Waals surface area contributed by atoms with E-state index in [0.29, 0.717) is 16.6 Å². The maximum absolute atomic E-state index is 11.7. The average molecular weight is 315 g/mol. The van der Waals surface area contributed by atoms with Gasteiger partial charge in [0.05, 0.1) is 17.3 Å². The number of halogens is 1.